The van der Waals surface area contributed by atoms with Crippen LogP contribution in [0.4, 0.5) is 4.39 Å². The molecule has 8 heteroatoms. The lowest BCUT2D eigenvalue weighted by atomic mass is 9.83. The molecule has 2 heterocycles. The number of morpholine rings is 1. The summed E-state index contributed by atoms with van der Waals surface area (Å²) in [5, 5.41) is 0. The summed E-state index contributed by atoms with van der Waals surface area (Å²) in [5.41, 5.74) is 2.81. The van der Waals surface area contributed by atoms with E-state index in [-0.39, 0.29) is 31.4 Å². The van der Waals surface area contributed by atoms with Crippen molar-refractivity contribution < 1.29 is 28.2 Å². The molecule has 0 saturated carbocycles. The Morgan fingerprint density at radius 1 is 1.11 bits per heavy atom. The minimum absolute atomic E-state index is 0.0303. The summed E-state index contributed by atoms with van der Waals surface area (Å²) in [7, 11) is 0. The molecule has 1 saturated heterocycles. The molecular weight excluding hydrogens is 451 g/mol. The highest BCUT2D eigenvalue weighted by Gasteiger charge is 2.37. The largest absolute Gasteiger partial charge is 0.463 e. The van der Waals surface area contributed by atoms with Crippen molar-refractivity contribution in [1.29, 1.82) is 0 Å². The summed E-state index contributed by atoms with van der Waals surface area (Å²) < 4.78 is 24.5. The van der Waals surface area contributed by atoms with E-state index in [0.29, 0.717) is 48.7 Å². The number of halogens is 1. The van der Waals surface area contributed by atoms with E-state index in [0.717, 1.165) is 5.56 Å². The Hall–Kier alpha value is -3.52. The van der Waals surface area contributed by atoms with Gasteiger partial charge in [-0.2, -0.15) is 0 Å². The first-order chi connectivity index (χ1) is 16.9. The van der Waals surface area contributed by atoms with Crippen LogP contribution in [0.1, 0.15) is 47.7 Å². The molecule has 0 aliphatic carbocycles. The lowest BCUT2D eigenvalue weighted by Gasteiger charge is -2.34. The number of hydrogen-bond donors (Lipinski definition) is 0. The van der Waals surface area contributed by atoms with Gasteiger partial charge in [0.15, 0.2) is 0 Å². The van der Waals surface area contributed by atoms with Crippen molar-refractivity contribution in [2.24, 2.45) is 0 Å². The predicted molar refractivity (Wildman–Crippen MR) is 127 cm³/mol. The van der Waals surface area contributed by atoms with Gasteiger partial charge in [-0.05, 0) is 49.2 Å². The van der Waals surface area contributed by atoms with Gasteiger partial charge in [0.1, 0.15) is 5.82 Å². The summed E-state index contributed by atoms with van der Waals surface area (Å²) in [6.07, 6.45) is 0.0303. The van der Waals surface area contributed by atoms with Crippen molar-refractivity contribution in [3.8, 4) is 0 Å². The van der Waals surface area contributed by atoms with E-state index in [4.69, 9.17) is 9.47 Å². The predicted octanol–water partition coefficient (Wildman–Crippen LogP) is 3.65. The van der Waals surface area contributed by atoms with E-state index in [2.05, 4.69) is 0 Å². The third kappa shape index (κ3) is 5.43. The molecule has 0 N–H and O–H groups in total. The van der Waals surface area contributed by atoms with Crippen LogP contribution in [0.15, 0.2) is 59.8 Å². The van der Waals surface area contributed by atoms with Crippen LogP contribution in [0.3, 0.4) is 0 Å². The first kappa shape index (κ1) is 24.6. The van der Waals surface area contributed by atoms with Gasteiger partial charge in [0.25, 0.3) is 5.91 Å². The van der Waals surface area contributed by atoms with Crippen LogP contribution in [0, 0.1) is 5.82 Å². The van der Waals surface area contributed by atoms with Crippen LogP contribution in [0.2, 0.25) is 0 Å². The first-order valence-corrected chi connectivity index (χ1v) is 11.8. The number of amides is 2. The maximum absolute atomic E-state index is 13.9. The molecular formula is C27H29FN2O5. The van der Waals surface area contributed by atoms with Crippen LogP contribution in [-0.4, -0.2) is 60.5 Å². The monoisotopic (exact) mass is 480 g/mol. The second-order valence-electron chi connectivity index (χ2n) is 8.61. The Bertz CT molecular complexity index is 1140. The molecule has 2 aliphatic heterocycles. The minimum atomic E-state index is -0.581. The number of benzene rings is 2. The second kappa shape index (κ2) is 10.8. The van der Waals surface area contributed by atoms with Gasteiger partial charge in [-0.25, -0.2) is 9.18 Å². The van der Waals surface area contributed by atoms with Crippen molar-refractivity contribution in [3.05, 3.63) is 82.3 Å². The van der Waals surface area contributed by atoms with E-state index >= 15 is 0 Å². The Labute approximate surface area is 204 Å². The van der Waals surface area contributed by atoms with Gasteiger partial charge < -0.3 is 19.3 Å². The highest BCUT2D eigenvalue weighted by molar-refractivity contribution is 5.96. The molecule has 35 heavy (non-hydrogen) atoms. The fourth-order valence-corrected chi connectivity index (χ4v) is 4.57. The average Bonchev–Trinajstić information content (AvgIpc) is 2.86. The maximum atomic E-state index is 13.9. The molecule has 2 aliphatic rings. The molecule has 0 spiro atoms. The van der Waals surface area contributed by atoms with E-state index in [1.165, 1.54) is 12.1 Å². The number of carbonyl (C=O) groups excluding carboxylic acids is 3. The topological polar surface area (TPSA) is 76.2 Å². The van der Waals surface area contributed by atoms with Gasteiger partial charge in [-0.15, -0.1) is 0 Å². The minimum Gasteiger partial charge on any atom is -0.463 e. The quantitative estimate of drug-likeness (QED) is 0.590. The molecule has 184 valence electrons. The van der Waals surface area contributed by atoms with Crippen LogP contribution < -0.4 is 0 Å². The Kier molecular flexibility index (Phi) is 7.60. The van der Waals surface area contributed by atoms with Crippen LogP contribution in [0.25, 0.3) is 0 Å². The van der Waals surface area contributed by atoms with Gasteiger partial charge >= 0.3 is 5.97 Å². The number of nitrogens with zero attached hydrogens (tertiary/aromatic N) is 2. The lowest BCUT2D eigenvalue weighted by molar-refractivity contribution is -0.140. The molecule has 4 rings (SSSR count). The smallest absolute Gasteiger partial charge is 0.336 e. The first-order valence-electron chi connectivity index (χ1n) is 11.8. The summed E-state index contributed by atoms with van der Waals surface area (Å²) in [6.45, 7) is 6.07. The lowest BCUT2D eigenvalue weighted by Crippen LogP contribution is -2.40. The van der Waals surface area contributed by atoms with Gasteiger partial charge in [-0.1, -0.05) is 24.3 Å². The fraction of sp³-hybridized carbons (Fsp3) is 0.370. The number of carbonyl (C=O) groups is 3. The standard InChI is InChI=1S/C27H29FN2O5/c1-3-35-27(33)25-18(2)30(24(31)16-23(25)21-5-4-6-22(28)15-21)17-19-7-9-20(10-8-19)26(32)29-11-13-34-14-12-29/h4-10,15,23H,3,11-14,16-17H2,1-2H3. The molecule has 7 nitrogen and oxygen atoms in total. The molecule has 2 aromatic carbocycles. The summed E-state index contributed by atoms with van der Waals surface area (Å²) >= 11 is 0. The number of ether oxygens (including phenoxy) is 2. The van der Waals surface area contributed by atoms with Gasteiger partial charge in [0.2, 0.25) is 5.91 Å². The zero-order valence-corrected chi connectivity index (χ0v) is 20.0. The van der Waals surface area contributed by atoms with Crippen molar-refractivity contribution in [1.82, 2.24) is 9.80 Å². The van der Waals surface area contributed by atoms with Crippen LogP contribution in [0.5, 0.6) is 0 Å². The molecule has 1 atom stereocenters. The molecule has 0 radical (unpaired) electrons. The molecule has 1 fully saturated rings. The van der Waals surface area contributed by atoms with E-state index in [9.17, 15) is 18.8 Å². The molecule has 2 amide bonds. The maximum Gasteiger partial charge on any atom is 0.336 e. The summed E-state index contributed by atoms with van der Waals surface area (Å²) in [5.74, 6) is -1.74. The fourth-order valence-electron chi connectivity index (χ4n) is 4.57. The third-order valence-corrected chi connectivity index (χ3v) is 6.41. The van der Waals surface area contributed by atoms with Crippen LogP contribution >= 0.6 is 0 Å². The van der Waals surface area contributed by atoms with Gasteiger partial charge in [0, 0.05) is 36.7 Å². The zero-order valence-electron chi connectivity index (χ0n) is 20.0. The summed E-state index contributed by atoms with van der Waals surface area (Å²) in [6, 6.07) is 13.1. The number of allylic oxidation sites excluding steroid dienone is 1. The van der Waals surface area contributed by atoms with E-state index in [1.54, 1.807) is 47.9 Å². The average molecular weight is 481 g/mol. The second-order valence-corrected chi connectivity index (χ2v) is 8.61. The van der Waals surface area contributed by atoms with Crippen molar-refractivity contribution in [2.45, 2.75) is 32.7 Å². The SMILES string of the molecule is CCOC(=O)C1=C(C)N(Cc2ccc(C(=O)N3CCOCC3)cc2)C(=O)CC1c1cccc(F)c1. The third-order valence-electron chi connectivity index (χ3n) is 6.41. The molecule has 0 bridgehead atoms. The molecule has 2 aromatic rings. The zero-order chi connectivity index (χ0) is 24.9. The van der Waals surface area contributed by atoms with Crippen molar-refractivity contribution >= 4 is 17.8 Å². The Morgan fingerprint density at radius 3 is 2.49 bits per heavy atom. The summed E-state index contributed by atoms with van der Waals surface area (Å²) in [4.78, 5) is 42.1. The number of rotatable bonds is 6. The number of esters is 1. The van der Waals surface area contributed by atoms with Gasteiger partial charge in [0.05, 0.1) is 31.9 Å². The van der Waals surface area contributed by atoms with E-state index in [1.807, 2.05) is 12.1 Å². The normalized spacial score (nSPS) is 18.6. The highest BCUT2D eigenvalue weighted by atomic mass is 19.1. The Balaban J connectivity index is 1.58. The molecule has 1 unspecified atom stereocenters. The van der Waals surface area contributed by atoms with Crippen molar-refractivity contribution in [2.75, 3.05) is 32.9 Å². The van der Waals surface area contributed by atoms with E-state index < -0.39 is 17.7 Å². The van der Waals surface area contributed by atoms with Crippen molar-refractivity contribution in [3.63, 3.8) is 0 Å². The highest BCUT2D eigenvalue weighted by Crippen LogP contribution is 2.38. The Morgan fingerprint density at radius 2 is 1.83 bits per heavy atom. The van der Waals surface area contributed by atoms with Gasteiger partial charge in [-0.3, -0.25) is 9.59 Å². The number of hydrogen-bond acceptors (Lipinski definition) is 5. The molecule has 0 aromatic heterocycles. The van der Waals surface area contributed by atoms with Crippen LogP contribution in [-0.2, 0) is 25.6 Å².